The van der Waals surface area contributed by atoms with Crippen LogP contribution in [0.15, 0.2) is 53.6 Å². The van der Waals surface area contributed by atoms with Crippen molar-refractivity contribution >= 4 is 16.7 Å². The van der Waals surface area contributed by atoms with Crippen LogP contribution < -0.4 is 5.32 Å². The summed E-state index contributed by atoms with van der Waals surface area (Å²) in [5.41, 5.74) is 1.40. The monoisotopic (exact) mass is 344 g/mol. The molecule has 0 bridgehead atoms. The van der Waals surface area contributed by atoms with Crippen LogP contribution in [0, 0.1) is 5.92 Å². The molecule has 2 rings (SSSR count). The maximum Gasteiger partial charge on any atom is 0.251 e. The van der Waals surface area contributed by atoms with Crippen molar-refractivity contribution in [3.63, 3.8) is 0 Å². The lowest BCUT2D eigenvalue weighted by Crippen LogP contribution is -2.32. The van der Waals surface area contributed by atoms with Gasteiger partial charge < -0.3 is 5.32 Å². The molecule has 5 heteroatoms. The van der Waals surface area contributed by atoms with Gasteiger partial charge in [0.2, 0.25) is 0 Å². The summed E-state index contributed by atoms with van der Waals surface area (Å²) in [6.07, 6.45) is 1.73. The number of pyridine rings is 1. The normalized spacial score (nSPS) is 13.8. The van der Waals surface area contributed by atoms with E-state index in [1.165, 1.54) is 0 Å². The fraction of sp³-hybridized carbons (Fsp3) is 0.368. The molecule has 0 aliphatic rings. The zero-order valence-electron chi connectivity index (χ0n) is 14.5. The summed E-state index contributed by atoms with van der Waals surface area (Å²) >= 11 is 0. The number of hydrogen-bond donors (Lipinski definition) is 1. The maximum absolute atomic E-state index is 12.5. The Kier molecular flexibility index (Phi) is 6.26. The highest BCUT2D eigenvalue weighted by atomic mass is 32.2. The Morgan fingerprint density at radius 1 is 1.04 bits per heavy atom. The molecule has 4 nitrogen and oxygen atoms in total. The molecule has 24 heavy (non-hydrogen) atoms. The minimum Gasteiger partial charge on any atom is -0.343 e. The highest BCUT2D eigenvalue weighted by Crippen LogP contribution is 2.20. The van der Waals surface area contributed by atoms with Crippen molar-refractivity contribution in [2.45, 2.75) is 43.9 Å². The molecule has 1 amide bonds. The number of benzene rings is 1. The molecule has 2 aromatic rings. The second-order valence-electron chi connectivity index (χ2n) is 6.32. The lowest BCUT2D eigenvalue weighted by molar-refractivity contribution is 0.0924. The van der Waals surface area contributed by atoms with Crippen LogP contribution in [0.25, 0.3) is 0 Å². The molecular formula is C19H24N2O2S. The van der Waals surface area contributed by atoms with Gasteiger partial charge in [0.05, 0.1) is 22.5 Å². The van der Waals surface area contributed by atoms with Crippen molar-refractivity contribution in [1.82, 2.24) is 10.3 Å². The number of carbonyl (C=O) groups is 1. The van der Waals surface area contributed by atoms with Gasteiger partial charge >= 0.3 is 0 Å². The van der Waals surface area contributed by atoms with E-state index in [-0.39, 0.29) is 23.1 Å². The number of aromatic nitrogens is 1. The molecular weight excluding hydrogens is 320 g/mol. The van der Waals surface area contributed by atoms with Gasteiger partial charge in [-0.2, -0.15) is 0 Å². The summed E-state index contributed by atoms with van der Waals surface area (Å²) in [4.78, 5) is 17.6. The van der Waals surface area contributed by atoms with Crippen molar-refractivity contribution in [3.05, 3.63) is 59.9 Å². The zero-order chi connectivity index (χ0) is 17.7. The predicted molar refractivity (Wildman–Crippen MR) is 97.3 cm³/mol. The van der Waals surface area contributed by atoms with Crippen molar-refractivity contribution in [3.8, 4) is 0 Å². The number of nitrogens with one attached hydrogen (secondary N) is 1. The Hall–Kier alpha value is -2.01. The molecule has 2 atom stereocenters. The van der Waals surface area contributed by atoms with Gasteiger partial charge in [0.25, 0.3) is 5.91 Å². The molecule has 0 saturated heterocycles. The standard InChI is InChI=1S/C19H24N2O2S/c1-13(2)18(17-7-5-6-12-20-17)21-19(22)15-8-10-16(11-9-15)24(23)14(3)4/h5-14,18H,1-4H3,(H,21,22)/t18-,24-/m0/s1. The van der Waals surface area contributed by atoms with Crippen LogP contribution in [0.1, 0.15) is 49.8 Å². The fourth-order valence-electron chi connectivity index (χ4n) is 2.38. The van der Waals surface area contributed by atoms with Gasteiger partial charge in [0.15, 0.2) is 0 Å². The zero-order valence-corrected chi connectivity index (χ0v) is 15.3. The molecule has 0 fully saturated rings. The van der Waals surface area contributed by atoms with Crippen LogP contribution in [-0.4, -0.2) is 20.3 Å². The molecule has 0 unspecified atom stereocenters. The van der Waals surface area contributed by atoms with E-state index in [1.54, 1.807) is 30.5 Å². The first-order valence-corrected chi connectivity index (χ1v) is 9.34. The Morgan fingerprint density at radius 3 is 2.21 bits per heavy atom. The Labute approximate surface area is 146 Å². The minimum atomic E-state index is -1.05. The summed E-state index contributed by atoms with van der Waals surface area (Å²) in [5.74, 6) is 0.0674. The van der Waals surface area contributed by atoms with Crippen molar-refractivity contribution in [2.24, 2.45) is 5.92 Å². The predicted octanol–water partition coefficient (Wildman–Crippen LogP) is 3.72. The number of carbonyl (C=O) groups excluding carboxylic acids is 1. The second-order valence-corrected chi connectivity index (χ2v) is 8.33. The van der Waals surface area contributed by atoms with Gasteiger partial charge in [-0.3, -0.25) is 14.0 Å². The van der Waals surface area contributed by atoms with E-state index in [9.17, 15) is 9.00 Å². The summed E-state index contributed by atoms with van der Waals surface area (Å²) in [5, 5.41) is 3.10. The van der Waals surface area contributed by atoms with E-state index in [2.05, 4.69) is 24.1 Å². The van der Waals surface area contributed by atoms with Crippen molar-refractivity contribution < 1.29 is 9.00 Å². The lowest BCUT2D eigenvalue weighted by atomic mass is 10.00. The molecule has 0 radical (unpaired) electrons. The smallest absolute Gasteiger partial charge is 0.251 e. The third-order valence-corrected chi connectivity index (χ3v) is 5.33. The first-order chi connectivity index (χ1) is 11.4. The Morgan fingerprint density at radius 2 is 1.71 bits per heavy atom. The topological polar surface area (TPSA) is 59.1 Å². The van der Waals surface area contributed by atoms with Crippen LogP contribution >= 0.6 is 0 Å². The summed E-state index contributed by atoms with van der Waals surface area (Å²) in [6, 6.07) is 12.5. The highest BCUT2D eigenvalue weighted by Gasteiger charge is 2.20. The van der Waals surface area contributed by atoms with E-state index in [1.807, 2.05) is 32.0 Å². The van der Waals surface area contributed by atoms with Crippen molar-refractivity contribution in [2.75, 3.05) is 0 Å². The van der Waals surface area contributed by atoms with E-state index < -0.39 is 10.8 Å². The Balaban J connectivity index is 2.14. The molecule has 1 heterocycles. The minimum absolute atomic E-state index is 0.0548. The van der Waals surface area contributed by atoms with E-state index in [0.29, 0.717) is 5.56 Å². The average molecular weight is 344 g/mol. The second kappa shape index (κ2) is 8.20. The quantitative estimate of drug-likeness (QED) is 0.869. The first kappa shape index (κ1) is 18.3. The van der Waals surface area contributed by atoms with Gasteiger partial charge in [-0.05, 0) is 42.3 Å². The molecule has 1 aromatic heterocycles. The average Bonchev–Trinajstić information content (AvgIpc) is 2.59. The van der Waals surface area contributed by atoms with E-state index in [4.69, 9.17) is 0 Å². The third kappa shape index (κ3) is 4.51. The van der Waals surface area contributed by atoms with Crippen molar-refractivity contribution in [1.29, 1.82) is 0 Å². The van der Waals surface area contributed by atoms with Gasteiger partial charge in [-0.1, -0.05) is 33.8 Å². The van der Waals surface area contributed by atoms with Crippen LogP contribution in [-0.2, 0) is 10.8 Å². The lowest BCUT2D eigenvalue weighted by Gasteiger charge is -2.22. The number of hydrogen-bond acceptors (Lipinski definition) is 3. The highest BCUT2D eigenvalue weighted by molar-refractivity contribution is 7.85. The largest absolute Gasteiger partial charge is 0.343 e. The summed E-state index contributed by atoms with van der Waals surface area (Å²) < 4.78 is 12.1. The third-order valence-electron chi connectivity index (χ3n) is 3.74. The SMILES string of the molecule is CC(C)[C@H](NC(=O)c1ccc([S@@](=O)C(C)C)cc1)c1ccccn1. The van der Waals surface area contributed by atoms with Gasteiger partial charge in [-0.25, -0.2) is 0 Å². The molecule has 0 saturated carbocycles. The van der Waals surface area contributed by atoms with Crippen LogP contribution in [0.3, 0.4) is 0 Å². The molecule has 0 aliphatic carbocycles. The Bertz CT molecular complexity index is 697. The van der Waals surface area contributed by atoms with E-state index in [0.717, 1.165) is 10.6 Å². The van der Waals surface area contributed by atoms with E-state index >= 15 is 0 Å². The molecule has 0 spiro atoms. The maximum atomic E-state index is 12.5. The number of amides is 1. The molecule has 1 N–H and O–H groups in total. The first-order valence-electron chi connectivity index (χ1n) is 8.12. The number of rotatable bonds is 6. The van der Waals surface area contributed by atoms with Crippen LogP contribution in [0.4, 0.5) is 0 Å². The van der Waals surface area contributed by atoms with Crippen LogP contribution in [0.5, 0.6) is 0 Å². The number of nitrogens with zero attached hydrogens (tertiary/aromatic N) is 1. The van der Waals surface area contributed by atoms with Gasteiger partial charge in [-0.15, -0.1) is 0 Å². The van der Waals surface area contributed by atoms with Crippen LogP contribution in [0.2, 0.25) is 0 Å². The summed E-state index contributed by atoms with van der Waals surface area (Å²) in [6.45, 7) is 7.93. The summed E-state index contributed by atoms with van der Waals surface area (Å²) in [7, 11) is -1.05. The fourth-order valence-corrected chi connectivity index (χ4v) is 3.33. The molecule has 0 aliphatic heterocycles. The molecule has 128 valence electrons. The molecule has 1 aromatic carbocycles. The van der Waals surface area contributed by atoms with Gasteiger partial charge in [0.1, 0.15) is 0 Å². The van der Waals surface area contributed by atoms with Gasteiger partial charge in [0, 0.05) is 21.9 Å².